The number of aromatic nitrogens is 2. The normalized spacial score (nSPS) is 21.9. The Morgan fingerprint density at radius 1 is 1.03 bits per heavy atom. The first-order chi connectivity index (χ1) is 16.0. The third-order valence-electron chi connectivity index (χ3n) is 7.08. The number of carbonyl (C=O) groups excluding carboxylic acids is 2. The molecule has 2 aliphatic rings. The molecule has 0 spiro atoms. The summed E-state index contributed by atoms with van der Waals surface area (Å²) in [6, 6.07) is 12.8. The molecule has 174 valence electrons. The van der Waals surface area contributed by atoms with Gasteiger partial charge in [-0.05, 0) is 50.8 Å². The molecule has 7 nitrogen and oxygen atoms in total. The lowest BCUT2D eigenvalue weighted by molar-refractivity contribution is -0.131. The number of thiophene rings is 1. The van der Waals surface area contributed by atoms with Crippen LogP contribution in [0.2, 0.25) is 0 Å². The van der Waals surface area contributed by atoms with Crippen molar-refractivity contribution in [1.82, 2.24) is 24.9 Å². The number of hydrogen-bond acceptors (Lipinski definition) is 5. The van der Waals surface area contributed by atoms with Crippen LogP contribution in [0.3, 0.4) is 0 Å². The van der Waals surface area contributed by atoms with E-state index in [0.717, 1.165) is 78.3 Å². The molecule has 1 aliphatic heterocycles. The predicted octanol–water partition coefficient (Wildman–Crippen LogP) is 3.60. The van der Waals surface area contributed by atoms with E-state index in [4.69, 9.17) is 0 Å². The molecule has 2 fully saturated rings. The topological polar surface area (TPSA) is 70.5 Å². The highest BCUT2D eigenvalue weighted by molar-refractivity contribution is 7.20. The van der Waals surface area contributed by atoms with Crippen LogP contribution in [0.1, 0.15) is 48.0 Å². The molecule has 0 radical (unpaired) electrons. The van der Waals surface area contributed by atoms with Crippen molar-refractivity contribution >= 4 is 33.4 Å². The highest BCUT2D eigenvalue weighted by atomic mass is 32.1. The first kappa shape index (κ1) is 22.1. The number of benzene rings is 1. The van der Waals surface area contributed by atoms with Crippen molar-refractivity contribution in [2.45, 2.75) is 51.6 Å². The summed E-state index contributed by atoms with van der Waals surface area (Å²) in [4.78, 5) is 30.8. The van der Waals surface area contributed by atoms with Gasteiger partial charge < -0.3 is 10.2 Å². The number of amides is 2. The minimum absolute atomic E-state index is 0.0220. The van der Waals surface area contributed by atoms with Gasteiger partial charge in [0, 0.05) is 50.6 Å². The van der Waals surface area contributed by atoms with E-state index < -0.39 is 0 Å². The highest BCUT2D eigenvalue weighted by Gasteiger charge is 2.30. The Hall–Kier alpha value is -2.71. The summed E-state index contributed by atoms with van der Waals surface area (Å²) in [5, 5.41) is 9.00. The molecular weight excluding hydrogens is 434 g/mol. The van der Waals surface area contributed by atoms with Gasteiger partial charge in [0.2, 0.25) is 5.91 Å². The zero-order valence-corrected chi connectivity index (χ0v) is 20.1. The van der Waals surface area contributed by atoms with E-state index in [-0.39, 0.29) is 17.9 Å². The molecule has 2 amide bonds. The molecule has 2 aromatic heterocycles. The van der Waals surface area contributed by atoms with E-state index in [1.54, 1.807) is 6.92 Å². The smallest absolute Gasteiger partial charge is 0.261 e. The number of piperazine rings is 1. The van der Waals surface area contributed by atoms with E-state index in [9.17, 15) is 9.59 Å². The maximum Gasteiger partial charge on any atom is 0.261 e. The molecule has 1 aromatic carbocycles. The van der Waals surface area contributed by atoms with Crippen LogP contribution in [0.4, 0.5) is 0 Å². The number of nitrogens with zero attached hydrogens (tertiary/aromatic N) is 4. The highest BCUT2D eigenvalue weighted by Crippen LogP contribution is 2.31. The fourth-order valence-electron chi connectivity index (χ4n) is 5.15. The largest absolute Gasteiger partial charge is 0.349 e. The van der Waals surface area contributed by atoms with Gasteiger partial charge in [-0.3, -0.25) is 14.5 Å². The third-order valence-corrected chi connectivity index (χ3v) is 8.19. The van der Waals surface area contributed by atoms with Crippen LogP contribution in [-0.4, -0.2) is 69.7 Å². The predicted molar refractivity (Wildman–Crippen MR) is 131 cm³/mol. The molecule has 0 atom stereocenters. The van der Waals surface area contributed by atoms with E-state index in [0.29, 0.717) is 6.04 Å². The van der Waals surface area contributed by atoms with Crippen molar-refractivity contribution < 1.29 is 9.59 Å². The van der Waals surface area contributed by atoms with Crippen LogP contribution in [0.5, 0.6) is 0 Å². The Morgan fingerprint density at radius 2 is 1.73 bits per heavy atom. The van der Waals surface area contributed by atoms with Crippen molar-refractivity contribution in [2.24, 2.45) is 0 Å². The lowest BCUT2D eigenvalue weighted by atomic mass is 9.89. The summed E-state index contributed by atoms with van der Waals surface area (Å²) in [6.07, 6.45) is 4.20. The number of rotatable bonds is 4. The van der Waals surface area contributed by atoms with E-state index >= 15 is 0 Å². The van der Waals surface area contributed by atoms with Gasteiger partial charge in [-0.2, -0.15) is 5.10 Å². The Labute approximate surface area is 198 Å². The summed E-state index contributed by atoms with van der Waals surface area (Å²) in [7, 11) is 0. The van der Waals surface area contributed by atoms with Crippen LogP contribution < -0.4 is 5.32 Å². The molecule has 3 heterocycles. The third kappa shape index (κ3) is 4.54. The van der Waals surface area contributed by atoms with Crippen LogP contribution in [0.25, 0.3) is 15.9 Å². The molecule has 0 bridgehead atoms. The van der Waals surface area contributed by atoms with E-state index in [2.05, 4.69) is 15.3 Å². The minimum atomic E-state index is 0.0220. The van der Waals surface area contributed by atoms with Gasteiger partial charge >= 0.3 is 0 Å². The molecule has 5 rings (SSSR count). The maximum absolute atomic E-state index is 13.0. The standard InChI is InChI=1S/C25H31N5O2S/c1-17-22-16-23(33-25(22)30(27-17)21-6-4-3-5-7-21)24(32)26-19-8-10-20(11-9-19)29-14-12-28(13-15-29)18(2)31/h3-7,16,19-20H,8-15H2,1-2H3,(H,26,32). The van der Waals surface area contributed by atoms with Gasteiger partial charge in [-0.25, -0.2) is 4.68 Å². The Balaban J connectivity index is 1.19. The molecule has 1 saturated heterocycles. The number of para-hydroxylation sites is 1. The molecule has 1 saturated carbocycles. The minimum Gasteiger partial charge on any atom is -0.349 e. The first-order valence-corrected chi connectivity index (χ1v) is 12.7. The molecule has 1 aliphatic carbocycles. The number of nitrogens with one attached hydrogen (secondary N) is 1. The van der Waals surface area contributed by atoms with Crippen molar-refractivity contribution in [2.75, 3.05) is 26.2 Å². The maximum atomic E-state index is 13.0. The number of aryl methyl sites for hydroxylation is 1. The second-order valence-corrected chi connectivity index (χ2v) is 10.2. The summed E-state index contributed by atoms with van der Waals surface area (Å²) in [5.41, 5.74) is 1.95. The average molecular weight is 466 g/mol. The Bertz CT molecular complexity index is 1140. The SMILES string of the molecule is CC(=O)N1CCN(C2CCC(NC(=O)c3cc4c(C)nn(-c5ccccc5)c4s3)CC2)CC1. The lowest BCUT2D eigenvalue weighted by Gasteiger charge is -2.41. The second-order valence-electron chi connectivity index (χ2n) is 9.18. The van der Waals surface area contributed by atoms with Crippen molar-refractivity contribution in [3.63, 3.8) is 0 Å². The summed E-state index contributed by atoms with van der Waals surface area (Å²) in [5.74, 6) is 0.197. The zero-order valence-electron chi connectivity index (χ0n) is 19.3. The van der Waals surface area contributed by atoms with Crippen molar-refractivity contribution in [1.29, 1.82) is 0 Å². The molecule has 3 aromatic rings. The lowest BCUT2D eigenvalue weighted by Crippen LogP contribution is -2.53. The first-order valence-electron chi connectivity index (χ1n) is 11.8. The Morgan fingerprint density at radius 3 is 2.39 bits per heavy atom. The van der Waals surface area contributed by atoms with Gasteiger partial charge in [0.15, 0.2) is 0 Å². The van der Waals surface area contributed by atoms with Gasteiger partial charge in [0.05, 0.1) is 16.3 Å². The van der Waals surface area contributed by atoms with Gasteiger partial charge in [0.25, 0.3) is 5.91 Å². The quantitative estimate of drug-likeness (QED) is 0.639. The van der Waals surface area contributed by atoms with E-state index in [1.165, 1.54) is 11.3 Å². The molecule has 33 heavy (non-hydrogen) atoms. The number of fused-ring (bicyclic) bond motifs is 1. The van der Waals surface area contributed by atoms with Crippen LogP contribution >= 0.6 is 11.3 Å². The fraction of sp³-hybridized carbons (Fsp3) is 0.480. The van der Waals surface area contributed by atoms with Crippen LogP contribution in [0, 0.1) is 6.92 Å². The summed E-state index contributed by atoms with van der Waals surface area (Å²) < 4.78 is 1.93. The number of hydrogen-bond donors (Lipinski definition) is 1. The summed E-state index contributed by atoms with van der Waals surface area (Å²) >= 11 is 1.51. The van der Waals surface area contributed by atoms with Gasteiger partial charge in [-0.1, -0.05) is 18.2 Å². The molecule has 8 heteroatoms. The second kappa shape index (κ2) is 9.27. The van der Waals surface area contributed by atoms with E-state index in [1.807, 2.05) is 52.9 Å². The van der Waals surface area contributed by atoms with Crippen LogP contribution in [0.15, 0.2) is 36.4 Å². The molecular formula is C25H31N5O2S. The van der Waals surface area contributed by atoms with Gasteiger partial charge in [0.1, 0.15) is 4.83 Å². The van der Waals surface area contributed by atoms with Crippen molar-refractivity contribution in [3.05, 3.63) is 47.0 Å². The molecule has 0 unspecified atom stereocenters. The van der Waals surface area contributed by atoms with Crippen LogP contribution in [-0.2, 0) is 4.79 Å². The zero-order chi connectivity index (χ0) is 22.9. The number of carbonyl (C=O) groups is 2. The molecule has 1 N–H and O–H groups in total. The average Bonchev–Trinajstić information content (AvgIpc) is 3.41. The Kier molecular flexibility index (Phi) is 6.21. The fourth-order valence-corrected chi connectivity index (χ4v) is 6.23. The summed E-state index contributed by atoms with van der Waals surface area (Å²) in [6.45, 7) is 7.23. The van der Waals surface area contributed by atoms with Crippen molar-refractivity contribution in [3.8, 4) is 5.69 Å². The monoisotopic (exact) mass is 465 g/mol. The van der Waals surface area contributed by atoms with Gasteiger partial charge in [-0.15, -0.1) is 11.3 Å².